The molecule has 3 saturated carbocycles. The fraction of sp³-hybridized carbons (Fsp3) is 0.476. The van der Waals surface area contributed by atoms with E-state index < -0.39 is 35.3 Å². The Kier molecular flexibility index (Phi) is 6.24. The molecule has 4 amide bonds. The molecular formula is C21H24ClFN6O4. The van der Waals surface area contributed by atoms with Crippen LogP contribution in [0.2, 0.25) is 0 Å². The summed E-state index contributed by atoms with van der Waals surface area (Å²) in [7, 11) is 0. The molecule has 1 heterocycles. The maximum Gasteiger partial charge on any atom is 0.291 e. The second-order valence-electron chi connectivity index (χ2n) is 8.79. The van der Waals surface area contributed by atoms with Crippen molar-refractivity contribution < 1.29 is 23.6 Å². The fourth-order valence-corrected chi connectivity index (χ4v) is 4.73. The summed E-state index contributed by atoms with van der Waals surface area (Å²) in [5.74, 6) is -2.60. The number of rotatable bonds is 9. The first-order chi connectivity index (χ1) is 15.7. The third-order valence-electron chi connectivity index (χ3n) is 6.31. The third kappa shape index (κ3) is 4.92. The number of hydrazine groups is 1. The maximum atomic E-state index is 13.4. The quantitative estimate of drug-likeness (QED) is 0.314. The predicted octanol–water partition coefficient (Wildman–Crippen LogP) is 1.12. The summed E-state index contributed by atoms with van der Waals surface area (Å²) in [5, 5.41) is 3.30. The number of para-hydroxylation sites is 2. The molecule has 3 aliphatic carbocycles. The minimum Gasteiger partial charge on any atom is -0.370 e. The van der Waals surface area contributed by atoms with Crippen molar-refractivity contribution in [3.63, 3.8) is 0 Å². The van der Waals surface area contributed by atoms with Crippen LogP contribution in [0, 0.1) is 11.3 Å². The van der Waals surface area contributed by atoms with Crippen molar-refractivity contribution in [3.05, 3.63) is 30.1 Å². The van der Waals surface area contributed by atoms with Gasteiger partial charge in [0.05, 0.1) is 17.6 Å². The summed E-state index contributed by atoms with van der Waals surface area (Å²) in [6.07, 6.45) is 2.96. The first kappa shape index (κ1) is 23.0. The molecule has 5 N–H and O–H groups in total. The van der Waals surface area contributed by atoms with E-state index in [9.17, 15) is 23.6 Å². The Hall–Kier alpha value is -3.21. The lowest BCUT2D eigenvalue weighted by Gasteiger charge is -2.63. The van der Waals surface area contributed by atoms with Gasteiger partial charge in [-0.25, -0.2) is 14.4 Å². The zero-order chi connectivity index (χ0) is 23.8. The largest absolute Gasteiger partial charge is 0.370 e. The number of fused-ring (bicyclic) bond motifs is 1. The summed E-state index contributed by atoms with van der Waals surface area (Å²) in [6, 6.07) is 6.09. The normalized spacial score (nSPS) is 22.4. The Bertz CT molecular complexity index is 1060. The molecule has 33 heavy (non-hydrogen) atoms. The van der Waals surface area contributed by atoms with Gasteiger partial charge in [0.25, 0.3) is 23.4 Å². The van der Waals surface area contributed by atoms with E-state index in [1.165, 1.54) is 0 Å². The molecule has 5 rings (SSSR count). The smallest absolute Gasteiger partial charge is 0.291 e. The number of benzene rings is 1. The number of halogens is 2. The number of primary amides is 1. The molecule has 2 bridgehead atoms. The van der Waals surface area contributed by atoms with E-state index >= 15 is 0 Å². The van der Waals surface area contributed by atoms with Crippen molar-refractivity contribution in [2.45, 2.75) is 43.8 Å². The Morgan fingerprint density at radius 1 is 1.27 bits per heavy atom. The highest BCUT2D eigenvalue weighted by atomic mass is 35.5. The van der Waals surface area contributed by atoms with E-state index in [-0.39, 0.29) is 24.2 Å². The number of amides is 4. The first-order valence-electron chi connectivity index (χ1n) is 10.6. The highest BCUT2D eigenvalue weighted by Gasteiger charge is 2.57. The van der Waals surface area contributed by atoms with Crippen LogP contribution in [0.1, 0.15) is 42.7 Å². The zero-order valence-corrected chi connectivity index (χ0v) is 18.4. The number of aromatic nitrogens is 2. The van der Waals surface area contributed by atoms with Gasteiger partial charge in [-0.3, -0.25) is 24.6 Å². The molecule has 1 aromatic carbocycles. The number of carbonyl (C=O) groups excluding carboxylic acids is 4. The topological polar surface area (TPSA) is 150 Å². The summed E-state index contributed by atoms with van der Waals surface area (Å²) in [4.78, 5) is 56.3. The van der Waals surface area contributed by atoms with Gasteiger partial charge in [-0.2, -0.15) is 0 Å². The van der Waals surface area contributed by atoms with Gasteiger partial charge >= 0.3 is 0 Å². The number of nitrogens with one attached hydrogen (secondary N) is 3. The third-order valence-corrected chi connectivity index (χ3v) is 6.49. The fourth-order valence-electron chi connectivity index (χ4n) is 4.61. The summed E-state index contributed by atoms with van der Waals surface area (Å²) < 4.78 is 13.4. The van der Waals surface area contributed by atoms with Crippen LogP contribution in [-0.2, 0) is 14.4 Å². The van der Waals surface area contributed by atoms with Crippen molar-refractivity contribution in [1.29, 1.82) is 0 Å². The second kappa shape index (κ2) is 8.97. The van der Waals surface area contributed by atoms with Gasteiger partial charge in [0.2, 0.25) is 5.91 Å². The number of nitrogens with two attached hydrogens (primary N) is 1. The zero-order valence-electron chi connectivity index (χ0n) is 17.6. The van der Waals surface area contributed by atoms with E-state index in [1.807, 2.05) is 0 Å². The van der Waals surface area contributed by atoms with E-state index in [4.69, 9.17) is 17.3 Å². The number of hydrogen-bond acceptors (Lipinski definition) is 5. The minimum atomic E-state index is -2.42. The van der Waals surface area contributed by atoms with Gasteiger partial charge in [0.1, 0.15) is 6.04 Å². The molecule has 0 spiro atoms. The van der Waals surface area contributed by atoms with Crippen molar-refractivity contribution in [1.82, 2.24) is 25.7 Å². The van der Waals surface area contributed by atoms with Gasteiger partial charge in [-0.05, 0) is 49.1 Å². The van der Waals surface area contributed by atoms with Crippen LogP contribution < -0.4 is 16.5 Å². The van der Waals surface area contributed by atoms with Crippen molar-refractivity contribution in [2.75, 3.05) is 6.54 Å². The molecule has 3 aliphatic rings. The molecule has 2 atom stereocenters. The number of H-pyrrole nitrogens is 1. The predicted molar refractivity (Wildman–Crippen MR) is 116 cm³/mol. The van der Waals surface area contributed by atoms with Crippen molar-refractivity contribution in [3.8, 4) is 0 Å². The SMILES string of the molecule is NC(=O)CCN(NC(=O)[C@H](CC12CC(C1)C2)NC(=O)c1nc2ccccc2[nH]1)C(=O)C(F)Cl. The minimum absolute atomic E-state index is 0.0367. The van der Waals surface area contributed by atoms with Gasteiger partial charge in [0, 0.05) is 6.42 Å². The monoisotopic (exact) mass is 478 g/mol. The average Bonchev–Trinajstić information content (AvgIpc) is 3.15. The Morgan fingerprint density at radius 2 is 1.97 bits per heavy atom. The molecule has 0 radical (unpaired) electrons. The molecule has 0 saturated heterocycles. The molecule has 1 unspecified atom stereocenters. The number of alkyl halides is 2. The van der Waals surface area contributed by atoms with Gasteiger partial charge in [-0.1, -0.05) is 23.7 Å². The second-order valence-corrected chi connectivity index (χ2v) is 9.18. The van der Waals surface area contributed by atoms with Crippen LogP contribution in [0.4, 0.5) is 4.39 Å². The molecule has 1 aromatic heterocycles. The lowest BCUT2D eigenvalue weighted by molar-refractivity contribution is -0.148. The lowest BCUT2D eigenvalue weighted by atomic mass is 9.43. The molecule has 3 fully saturated rings. The van der Waals surface area contributed by atoms with Gasteiger partial charge in [-0.15, -0.1) is 0 Å². The van der Waals surface area contributed by atoms with Gasteiger partial charge in [0.15, 0.2) is 5.82 Å². The van der Waals surface area contributed by atoms with Crippen LogP contribution in [0.25, 0.3) is 11.0 Å². The van der Waals surface area contributed by atoms with Crippen LogP contribution in [0.15, 0.2) is 24.3 Å². The summed E-state index contributed by atoms with van der Waals surface area (Å²) >= 11 is 5.24. The van der Waals surface area contributed by atoms with Crippen LogP contribution in [-0.4, -0.2) is 56.8 Å². The van der Waals surface area contributed by atoms with Crippen molar-refractivity contribution >= 4 is 46.3 Å². The Labute approximate surface area is 193 Å². The van der Waals surface area contributed by atoms with Crippen molar-refractivity contribution in [2.24, 2.45) is 17.1 Å². The highest BCUT2D eigenvalue weighted by molar-refractivity contribution is 6.29. The number of carbonyl (C=O) groups is 4. The van der Waals surface area contributed by atoms with E-state index in [0.29, 0.717) is 28.4 Å². The number of aromatic amines is 1. The maximum absolute atomic E-state index is 13.4. The van der Waals surface area contributed by atoms with E-state index in [2.05, 4.69) is 20.7 Å². The first-order valence-corrected chi connectivity index (χ1v) is 11.0. The molecule has 176 valence electrons. The molecule has 2 aromatic rings. The van der Waals surface area contributed by atoms with E-state index in [1.54, 1.807) is 24.3 Å². The van der Waals surface area contributed by atoms with Crippen LogP contribution in [0.3, 0.4) is 0 Å². The van der Waals surface area contributed by atoms with Gasteiger partial charge < -0.3 is 16.0 Å². The average molecular weight is 479 g/mol. The van der Waals surface area contributed by atoms with E-state index in [0.717, 1.165) is 19.3 Å². The van der Waals surface area contributed by atoms with Crippen LogP contribution >= 0.6 is 11.6 Å². The molecule has 0 aliphatic heterocycles. The summed E-state index contributed by atoms with van der Waals surface area (Å²) in [5.41, 5.74) is 6.21. The number of hydrogen-bond donors (Lipinski definition) is 4. The lowest BCUT2D eigenvalue weighted by Crippen LogP contribution is -2.60. The highest BCUT2D eigenvalue weighted by Crippen LogP contribution is 2.66. The molecule has 12 heteroatoms. The summed E-state index contributed by atoms with van der Waals surface area (Å²) in [6.45, 7) is -0.357. The number of imidazole rings is 1. The Balaban J connectivity index is 1.49. The standard InChI is InChI=1S/C21H24ClFN6O4/c22-16(23)20(33)29(6-5-15(24)30)28-18(31)14(10-21-7-11(8-21)9-21)27-19(32)17-25-12-3-1-2-4-13(12)26-17/h1-4,11,14,16H,5-10H2,(H2,24,30)(H,25,26)(H,27,32)(H,28,31)/t11?,14-,16?,21?/m0/s1. The Morgan fingerprint density at radius 3 is 2.55 bits per heavy atom. The molecular weight excluding hydrogens is 455 g/mol. The van der Waals surface area contributed by atoms with Crippen LogP contribution in [0.5, 0.6) is 0 Å². The molecule has 10 nitrogen and oxygen atoms in total. The number of nitrogens with zero attached hydrogens (tertiary/aromatic N) is 2.